The lowest BCUT2D eigenvalue weighted by atomic mass is 9.85. The van der Waals surface area contributed by atoms with Gasteiger partial charge in [-0.25, -0.2) is 0 Å². The highest BCUT2D eigenvalue weighted by atomic mass is 15.1. The number of rotatable bonds is 6. The smallest absolute Gasteiger partial charge is 0.0468 e. The molecule has 0 saturated carbocycles. The molecule has 0 amide bonds. The zero-order valence-corrected chi connectivity index (χ0v) is 24.8. The normalized spacial score (nSPS) is 11.1. The van der Waals surface area contributed by atoms with E-state index in [-0.39, 0.29) is 0 Å². The van der Waals surface area contributed by atoms with Crippen LogP contribution in [0, 0.1) is 0 Å². The Morgan fingerprint density at radius 2 is 0.689 bits per heavy atom. The second kappa shape index (κ2) is 11.6. The van der Waals surface area contributed by atoms with Crippen molar-refractivity contribution in [2.24, 2.45) is 0 Å². The van der Waals surface area contributed by atoms with Crippen molar-refractivity contribution < 1.29 is 0 Å². The molecule has 0 saturated heterocycles. The van der Waals surface area contributed by atoms with Crippen LogP contribution in [0.4, 0.5) is 17.1 Å². The first-order chi connectivity index (χ1) is 22.3. The first-order valence-corrected chi connectivity index (χ1v) is 15.5. The minimum absolute atomic E-state index is 1.12. The summed E-state index contributed by atoms with van der Waals surface area (Å²) >= 11 is 0. The van der Waals surface area contributed by atoms with E-state index in [0.717, 1.165) is 17.1 Å². The van der Waals surface area contributed by atoms with Crippen molar-refractivity contribution in [3.8, 4) is 33.4 Å². The van der Waals surface area contributed by atoms with Crippen LogP contribution in [0.25, 0.3) is 54.9 Å². The lowest BCUT2D eigenvalue weighted by Crippen LogP contribution is -2.10. The second-order valence-electron chi connectivity index (χ2n) is 11.3. The largest absolute Gasteiger partial charge is 0.310 e. The zero-order chi connectivity index (χ0) is 30.0. The summed E-state index contributed by atoms with van der Waals surface area (Å²) in [6.45, 7) is 0. The van der Waals surface area contributed by atoms with Gasteiger partial charge in [0.1, 0.15) is 0 Å². The molecule has 0 spiro atoms. The Morgan fingerprint density at radius 1 is 0.244 bits per heavy atom. The van der Waals surface area contributed by atoms with Crippen LogP contribution in [0.2, 0.25) is 0 Å². The lowest BCUT2D eigenvalue weighted by molar-refractivity contribution is 1.29. The number of para-hydroxylation sites is 1. The van der Waals surface area contributed by atoms with Crippen LogP contribution in [0.5, 0.6) is 0 Å². The molecule has 1 nitrogen and oxygen atoms in total. The monoisotopic (exact) mass is 573 g/mol. The molecule has 0 atom stereocenters. The fourth-order valence-corrected chi connectivity index (χ4v) is 6.61. The Morgan fingerprint density at radius 3 is 1.31 bits per heavy atom. The van der Waals surface area contributed by atoms with Crippen LogP contribution in [-0.2, 0) is 0 Å². The molecule has 0 N–H and O–H groups in total. The van der Waals surface area contributed by atoms with Gasteiger partial charge in [0, 0.05) is 17.1 Å². The summed E-state index contributed by atoms with van der Waals surface area (Å²) < 4.78 is 0. The van der Waals surface area contributed by atoms with Gasteiger partial charge in [-0.3, -0.25) is 0 Å². The number of hydrogen-bond donors (Lipinski definition) is 0. The maximum atomic E-state index is 2.38. The molecule has 0 bridgehead atoms. The highest BCUT2D eigenvalue weighted by molar-refractivity contribution is 6.22. The molecule has 45 heavy (non-hydrogen) atoms. The van der Waals surface area contributed by atoms with Gasteiger partial charge in [-0.05, 0) is 91.3 Å². The Kier molecular flexibility index (Phi) is 6.90. The summed E-state index contributed by atoms with van der Waals surface area (Å²) in [6.07, 6.45) is 0. The lowest BCUT2D eigenvalue weighted by Gasteiger charge is -2.27. The van der Waals surface area contributed by atoms with Crippen LogP contribution in [0.1, 0.15) is 0 Å². The van der Waals surface area contributed by atoms with Crippen molar-refractivity contribution in [1.29, 1.82) is 0 Å². The molecule has 0 heterocycles. The van der Waals surface area contributed by atoms with E-state index in [0.29, 0.717) is 0 Å². The number of fused-ring (bicyclic) bond motifs is 3. The molecule has 8 aromatic carbocycles. The second-order valence-corrected chi connectivity index (χ2v) is 11.3. The van der Waals surface area contributed by atoms with E-state index in [2.05, 4.69) is 193 Å². The van der Waals surface area contributed by atoms with Gasteiger partial charge in [0.15, 0.2) is 0 Å². The third-order valence-electron chi connectivity index (χ3n) is 8.62. The van der Waals surface area contributed by atoms with E-state index in [4.69, 9.17) is 0 Å². The van der Waals surface area contributed by atoms with E-state index in [1.54, 1.807) is 0 Å². The van der Waals surface area contributed by atoms with E-state index >= 15 is 0 Å². The molecule has 0 radical (unpaired) electrons. The molecule has 0 aliphatic rings. The maximum absolute atomic E-state index is 2.38. The van der Waals surface area contributed by atoms with Gasteiger partial charge in [0.05, 0.1) is 0 Å². The summed E-state index contributed by atoms with van der Waals surface area (Å²) in [6, 6.07) is 67.6. The summed E-state index contributed by atoms with van der Waals surface area (Å²) in [7, 11) is 0. The third-order valence-corrected chi connectivity index (χ3v) is 8.62. The molecule has 0 fully saturated rings. The standard InChI is InChI=1S/C44H31N/c1-5-16-32(17-6-1)35-22-15-25-37(30-35)45(36-23-11-4-12-24-36)38-28-29-41-42(31-38)39-26-13-14-27-40(39)43(33-18-7-2-8-19-33)44(41)34-20-9-3-10-21-34/h1-31H. The zero-order valence-electron chi connectivity index (χ0n) is 24.8. The maximum Gasteiger partial charge on any atom is 0.0468 e. The Balaban J connectivity index is 1.41. The van der Waals surface area contributed by atoms with Crippen LogP contribution in [0.15, 0.2) is 188 Å². The minimum atomic E-state index is 1.12. The molecule has 0 aliphatic heterocycles. The average Bonchev–Trinajstić information content (AvgIpc) is 3.13. The van der Waals surface area contributed by atoms with Crippen molar-refractivity contribution in [2.75, 3.05) is 4.90 Å². The van der Waals surface area contributed by atoms with Crippen molar-refractivity contribution in [3.63, 3.8) is 0 Å². The first kappa shape index (κ1) is 26.7. The van der Waals surface area contributed by atoms with Crippen LogP contribution >= 0.6 is 0 Å². The van der Waals surface area contributed by atoms with Gasteiger partial charge in [0.25, 0.3) is 0 Å². The first-order valence-electron chi connectivity index (χ1n) is 15.5. The molecule has 8 rings (SSSR count). The fourth-order valence-electron chi connectivity index (χ4n) is 6.61. The molecule has 0 aromatic heterocycles. The topological polar surface area (TPSA) is 3.24 Å². The molecule has 8 aromatic rings. The summed E-state index contributed by atoms with van der Waals surface area (Å²) in [4.78, 5) is 2.37. The predicted molar refractivity (Wildman–Crippen MR) is 192 cm³/mol. The van der Waals surface area contributed by atoms with Crippen LogP contribution < -0.4 is 4.90 Å². The fraction of sp³-hybridized carbons (Fsp3) is 0. The van der Waals surface area contributed by atoms with E-state index < -0.39 is 0 Å². The van der Waals surface area contributed by atoms with Gasteiger partial charge in [-0.15, -0.1) is 0 Å². The number of anilines is 3. The number of hydrogen-bond acceptors (Lipinski definition) is 1. The van der Waals surface area contributed by atoms with Crippen LogP contribution in [-0.4, -0.2) is 0 Å². The van der Waals surface area contributed by atoms with Gasteiger partial charge >= 0.3 is 0 Å². The van der Waals surface area contributed by atoms with E-state index in [1.165, 1.54) is 54.9 Å². The van der Waals surface area contributed by atoms with Gasteiger partial charge < -0.3 is 4.90 Å². The van der Waals surface area contributed by atoms with Crippen molar-refractivity contribution in [3.05, 3.63) is 188 Å². The Bertz CT molecular complexity index is 2240. The SMILES string of the molecule is c1ccc(-c2cccc(N(c3ccccc3)c3ccc4c(-c5ccccc5)c(-c5ccccc5)c5ccccc5c4c3)c2)cc1. The van der Waals surface area contributed by atoms with E-state index in [9.17, 15) is 0 Å². The van der Waals surface area contributed by atoms with E-state index in [1.807, 2.05) is 0 Å². The van der Waals surface area contributed by atoms with Gasteiger partial charge in [-0.2, -0.15) is 0 Å². The summed E-state index contributed by atoms with van der Waals surface area (Å²) in [5.74, 6) is 0. The average molecular weight is 574 g/mol. The van der Waals surface area contributed by atoms with Gasteiger partial charge in [0.2, 0.25) is 0 Å². The Labute approximate surface area is 264 Å². The van der Waals surface area contributed by atoms with Crippen molar-refractivity contribution in [2.45, 2.75) is 0 Å². The summed E-state index contributed by atoms with van der Waals surface area (Å²) in [5.41, 5.74) is 10.7. The number of nitrogens with zero attached hydrogens (tertiary/aromatic N) is 1. The summed E-state index contributed by atoms with van der Waals surface area (Å²) in [5, 5.41) is 4.99. The molecule has 212 valence electrons. The minimum Gasteiger partial charge on any atom is -0.310 e. The molecular formula is C44H31N. The Hall–Kier alpha value is -5.92. The number of benzene rings is 8. The van der Waals surface area contributed by atoms with Crippen LogP contribution in [0.3, 0.4) is 0 Å². The van der Waals surface area contributed by atoms with Crippen molar-refractivity contribution >= 4 is 38.6 Å². The van der Waals surface area contributed by atoms with Crippen molar-refractivity contribution in [1.82, 2.24) is 0 Å². The molecule has 0 aliphatic carbocycles. The molecule has 0 unspecified atom stereocenters. The molecular weight excluding hydrogens is 542 g/mol. The predicted octanol–water partition coefficient (Wildman–Crippen LogP) is 12.5. The quantitative estimate of drug-likeness (QED) is 0.179. The molecule has 1 heteroatoms. The van der Waals surface area contributed by atoms with Gasteiger partial charge in [-0.1, -0.05) is 152 Å². The third kappa shape index (κ3) is 4.95. The highest BCUT2D eigenvalue weighted by Gasteiger charge is 2.20. The highest BCUT2D eigenvalue weighted by Crippen LogP contribution is 2.46.